The molecule has 1 aliphatic carbocycles. The highest BCUT2D eigenvalue weighted by Crippen LogP contribution is 2.36. The van der Waals surface area contributed by atoms with E-state index in [1.54, 1.807) is 35.1 Å². The highest BCUT2D eigenvalue weighted by atomic mass is 16.1. The normalized spacial score (nSPS) is 20.8. The average Bonchev–Trinajstić information content (AvgIpc) is 2.84. The highest BCUT2D eigenvalue weighted by Gasteiger charge is 2.38. The summed E-state index contributed by atoms with van der Waals surface area (Å²) in [5, 5.41) is 14.8. The van der Waals surface area contributed by atoms with E-state index >= 15 is 0 Å². The van der Waals surface area contributed by atoms with Crippen molar-refractivity contribution in [1.82, 2.24) is 29.9 Å². The van der Waals surface area contributed by atoms with Gasteiger partial charge in [-0.15, -0.1) is 10.2 Å². The van der Waals surface area contributed by atoms with E-state index in [-0.39, 0.29) is 5.91 Å². The third kappa shape index (κ3) is 2.81. The Balaban J connectivity index is 1.72. The Morgan fingerprint density at radius 2 is 2.14 bits per heavy atom. The zero-order chi connectivity index (χ0) is 15.0. The van der Waals surface area contributed by atoms with Crippen LogP contribution in [0.1, 0.15) is 37.0 Å². The van der Waals surface area contributed by atoms with E-state index in [9.17, 15) is 4.79 Å². The summed E-state index contributed by atoms with van der Waals surface area (Å²) in [5.74, 6) is 1.88. The van der Waals surface area contributed by atoms with E-state index in [1.807, 2.05) is 0 Å². The van der Waals surface area contributed by atoms with Gasteiger partial charge in [0.25, 0.3) is 5.91 Å². The maximum Gasteiger partial charge on any atom is 0.256 e. The molecule has 21 heavy (non-hydrogen) atoms. The van der Waals surface area contributed by atoms with Crippen LogP contribution in [0.4, 0.5) is 0 Å². The fraction of sp³-hybridized carbons (Fsp3) is 0.571. The maximum atomic E-state index is 12.4. The van der Waals surface area contributed by atoms with Crippen molar-refractivity contribution >= 4 is 5.91 Å². The molecular formula is C14H20N6O. The number of amides is 1. The smallest absolute Gasteiger partial charge is 0.256 e. The maximum absolute atomic E-state index is 12.4. The average molecular weight is 288 g/mol. The van der Waals surface area contributed by atoms with Crippen LogP contribution < -0.4 is 5.32 Å². The molecule has 1 N–H and O–H groups in total. The van der Waals surface area contributed by atoms with Gasteiger partial charge in [0.2, 0.25) is 0 Å². The topological polar surface area (TPSA) is 77.6 Å². The van der Waals surface area contributed by atoms with E-state index in [0.717, 1.165) is 12.8 Å². The Morgan fingerprint density at radius 1 is 1.43 bits per heavy atom. The molecule has 2 heterocycles. The van der Waals surface area contributed by atoms with E-state index < -0.39 is 0 Å². The molecule has 0 spiro atoms. The molecule has 0 radical (unpaired) electrons. The van der Waals surface area contributed by atoms with Gasteiger partial charge in [0, 0.05) is 13.1 Å². The van der Waals surface area contributed by atoms with Gasteiger partial charge in [-0.05, 0) is 24.7 Å². The van der Waals surface area contributed by atoms with Crippen molar-refractivity contribution in [2.75, 3.05) is 0 Å². The van der Waals surface area contributed by atoms with Crippen LogP contribution in [-0.4, -0.2) is 36.5 Å². The van der Waals surface area contributed by atoms with E-state index in [1.165, 1.54) is 0 Å². The summed E-state index contributed by atoms with van der Waals surface area (Å²) >= 11 is 0. The lowest BCUT2D eigenvalue weighted by molar-refractivity contribution is 0.0948. The Kier molecular flexibility index (Phi) is 3.48. The van der Waals surface area contributed by atoms with Crippen LogP contribution >= 0.6 is 0 Å². The van der Waals surface area contributed by atoms with Gasteiger partial charge < -0.3 is 5.32 Å². The minimum absolute atomic E-state index is 0.0805. The number of nitrogens with zero attached hydrogens (tertiary/aromatic N) is 5. The lowest BCUT2D eigenvalue weighted by Crippen LogP contribution is -2.27. The fourth-order valence-electron chi connectivity index (χ4n) is 2.74. The molecule has 7 nitrogen and oxygen atoms in total. The van der Waals surface area contributed by atoms with Gasteiger partial charge in [0.05, 0.1) is 6.20 Å². The first-order valence-corrected chi connectivity index (χ1v) is 7.24. The minimum Gasteiger partial charge on any atom is -0.349 e. The number of hydrogen-bond acceptors (Lipinski definition) is 4. The van der Waals surface area contributed by atoms with Crippen LogP contribution in [0, 0.1) is 11.8 Å². The molecule has 0 unspecified atom stereocenters. The third-order valence-electron chi connectivity index (χ3n) is 3.83. The number of hydrogen-bond donors (Lipinski definition) is 1. The zero-order valence-electron chi connectivity index (χ0n) is 12.5. The Hall–Kier alpha value is -2.18. The molecule has 2 aromatic heterocycles. The lowest BCUT2D eigenvalue weighted by atomic mass is 10.1. The first kappa shape index (κ1) is 13.8. The van der Waals surface area contributed by atoms with Gasteiger partial charge in [-0.2, -0.15) is 5.10 Å². The molecular weight excluding hydrogens is 268 g/mol. The molecule has 1 saturated carbocycles. The molecule has 1 fully saturated rings. The molecule has 0 aromatic carbocycles. The molecule has 112 valence electrons. The second-order valence-corrected chi connectivity index (χ2v) is 6.08. The predicted octanol–water partition coefficient (Wildman–Crippen LogP) is 1.17. The predicted molar refractivity (Wildman–Crippen MR) is 76.9 cm³/mol. The lowest BCUT2D eigenvalue weighted by Gasteiger charge is -2.08. The quantitative estimate of drug-likeness (QED) is 0.895. The van der Waals surface area contributed by atoms with Gasteiger partial charge in [-0.25, -0.2) is 0 Å². The first-order valence-electron chi connectivity index (χ1n) is 7.24. The second kappa shape index (κ2) is 5.31. The Labute approximate surface area is 123 Å². The molecule has 2 aromatic rings. The van der Waals surface area contributed by atoms with Gasteiger partial charge in [-0.1, -0.05) is 13.8 Å². The van der Waals surface area contributed by atoms with Crippen molar-refractivity contribution in [1.29, 1.82) is 0 Å². The summed E-state index contributed by atoms with van der Waals surface area (Å²) in [6, 6.07) is 0.300. The van der Waals surface area contributed by atoms with Gasteiger partial charge in [-0.3, -0.25) is 14.0 Å². The van der Waals surface area contributed by atoms with E-state index in [2.05, 4.69) is 34.5 Å². The van der Waals surface area contributed by atoms with Crippen LogP contribution in [0.15, 0.2) is 18.9 Å². The number of carbonyl (C=O) groups is 1. The van der Waals surface area contributed by atoms with Crippen molar-refractivity contribution < 1.29 is 4.79 Å². The van der Waals surface area contributed by atoms with E-state index in [0.29, 0.717) is 29.3 Å². The number of rotatable bonds is 5. The summed E-state index contributed by atoms with van der Waals surface area (Å²) in [6.45, 7) is 4.42. The molecule has 0 aliphatic heterocycles. The molecule has 0 bridgehead atoms. The molecule has 2 atom stereocenters. The zero-order valence-corrected chi connectivity index (χ0v) is 12.5. The standard InChI is InChI=1S/C14H20N6O/c1-9(2)4-10-5-12(10)18-13(21)11-6-17-19(3)14(11)20-7-15-16-8-20/h6-10,12H,4-5H2,1-3H3,(H,18,21)/t10-,12-/m1/s1. The first-order chi connectivity index (χ1) is 10.1. The van der Waals surface area contributed by atoms with Crippen molar-refractivity contribution in [3.63, 3.8) is 0 Å². The van der Waals surface area contributed by atoms with Gasteiger partial charge in [0.1, 0.15) is 24.0 Å². The van der Waals surface area contributed by atoms with Crippen LogP contribution in [0.5, 0.6) is 0 Å². The van der Waals surface area contributed by atoms with Gasteiger partial charge in [0.15, 0.2) is 0 Å². The second-order valence-electron chi connectivity index (χ2n) is 6.08. The molecule has 1 amide bonds. The SMILES string of the molecule is CC(C)C[C@@H]1C[C@H]1NC(=O)c1cnn(C)c1-n1cnnc1. The fourth-order valence-corrected chi connectivity index (χ4v) is 2.74. The van der Waals surface area contributed by atoms with Crippen LogP contribution in [0.2, 0.25) is 0 Å². The molecule has 3 rings (SSSR count). The van der Waals surface area contributed by atoms with Crippen LogP contribution in [0.25, 0.3) is 5.82 Å². The number of aromatic nitrogens is 5. The minimum atomic E-state index is -0.0805. The van der Waals surface area contributed by atoms with Crippen molar-refractivity contribution in [2.45, 2.75) is 32.7 Å². The number of aryl methyl sites for hydroxylation is 1. The summed E-state index contributed by atoms with van der Waals surface area (Å²) < 4.78 is 3.34. The summed E-state index contributed by atoms with van der Waals surface area (Å²) in [5.41, 5.74) is 0.549. The molecule has 0 saturated heterocycles. The van der Waals surface area contributed by atoms with Crippen LogP contribution in [-0.2, 0) is 7.05 Å². The summed E-state index contributed by atoms with van der Waals surface area (Å²) in [4.78, 5) is 12.4. The summed E-state index contributed by atoms with van der Waals surface area (Å²) in [6.07, 6.45) is 6.95. The Bertz CT molecular complexity index is 630. The van der Waals surface area contributed by atoms with Crippen molar-refractivity contribution in [2.24, 2.45) is 18.9 Å². The van der Waals surface area contributed by atoms with Gasteiger partial charge >= 0.3 is 0 Å². The van der Waals surface area contributed by atoms with Crippen molar-refractivity contribution in [3.05, 3.63) is 24.4 Å². The van der Waals surface area contributed by atoms with E-state index in [4.69, 9.17) is 0 Å². The Morgan fingerprint density at radius 3 is 2.81 bits per heavy atom. The number of carbonyl (C=O) groups excluding carboxylic acids is 1. The van der Waals surface area contributed by atoms with Crippen molar-refractivity contribution in [3.8, 4) is 5.82 Å². The third-order valence-corrected chi connectivity index (χ3v) is 3.83. The summed E-state index contributed by atoms with van der Waals surface area (Å²) in [7, 11) is 1.80. The highest BCUT2D eigenvalue weighted by molar-refractivity contribution is 5.97. The monoisotopic (exact) mass is 288 g/mol. The number of nitrogens with one attached hydrogen (secondary N) is 1. The molecule has 7 heteroatoms. The molecule has 1 aliphatic rings. The van der Waals surface area contributed by atoms with Crippen LogP contribution in [0.3, 0.4) is 0 Å². The largest absolute Gasteiger partial charge is 0.349 e.